The van der Waals surface area contributed by atoms with E-state index in [4.69, 9.17) is 0 Å². The van der Waals surface area contributed by atoms with Crippen molar-refractivity contribution in [3.05, 3.63) is 88.2 Å². The first kappa shape index (κ1) is 23.2. The van der Waals surface area contributed by atoms with E-state index in [0.717, 1.165) is 11.1 Å². The van der Waals surface area contributed by atoms with Gasteiger partial charge in [0.15, 0.2) is 0 Å². The first-order valence-electron chi connectivity index (χ1n) is 11.0. The van der Waals surface area contributed by atoms with Crippen molar-refractivity contribution >= 4 is 17.3 Å². The Morgan fingerprint density at radius 2 is 1.38 bits per heavy atom. The van der Waals surface area contributed by atoms with Crippen LogP contribution >= 0.6 is 0 Å². The molecular formula is C25H31N5O2. The summed E-state index contributed by atoms with van der Waals surface area (Å²) >= 11 is 0. The molecule has 3 rings (SSSR count). The summed E-state index contributed by atoms with van der Waals surface area (Å²) in [7, 11) is 0. The highest BCUT2D eigenvalue weighted by Crippen LogP contribution is 2.36. The van der Waals surface area contributed by atoms with E-state index < -0.39 is 0 Å². The Morgan fingerprint density at radius 3 is 1.81 bits per heavy atom. The fourth-order valence-electron chi connectivity index (χ4n) is 3.79. The Labute approximate surface area is 189 Å². The molecule has 0 aliphatic rings. The molecule has 0 saturated heterocycles. The lowest BCUT2D eigenvalue weighted by Gasteiger charge is -2.28. The monoisotopic (exact) mass is 433 g/mol. The molecule has 7 heteroatoms. The van der Waals surface area contributed by atoms with Crippen molar-refractivity contribution in [1.29, 1.82) is 0 Å². The van der Waals surface area contributed by atoms with Crippen LogP contribution in [0.15, 0.2) is 67.0 Å². The zero-order chi connectivity index (χ0) is 23.1. The van der Waals surface area contributed by atoms with E-state index in [-0.39, 0.29) is 22.5 Å². The first-order chi connectivity index (χ1) is 15.4. The van der Waals surface area contributed by atoms with Gasteiger partial charge in [0.25, 0.3) is 0 Å². The summed E-state index contributed by atoms with van der Waals surface area (Å²) < 4.78 is 0. The molecule has 1 aromatic heterocycles. The molecule has 0 unspecified atom stereocenters. The number of benzene rings is 2. The average Bonchev–Trinajstić information content (AvgIpc) is 2.77. The molecule has 0 aliphatic carbocycles. The molecule has 0 saturated carbocycles. The lowest BCUT2D eigenvalue weighted by molar-refractivity contribution is -0.383. The maximum absolute atomic E-state index is 12.2. The molecule has 1 heterocycles. The van der Waals surface area contributed by atoms with E-state index in [1.54, 1.807) is 0 Å². The molecule has 168 valence electrons. The number of nitrogens with zero attached hydrogens (tertiary/aromatic N) is 4. The minimum absolute atomic E-state index is 0.0920. The van der Waals surface area contributed by atoms with Crippen LogP contribution < -0.4 is 10.2 Å². The van der Waals surface area contributed by atoms with Crippen LogP contribution in [0.2, 0.25) is 0 Å². The number of rotatable bonds is 10. The number of nitro groups is 1. The van der Waals surface area contributed by atoms with Gasteiger partial charge in [-0.05, 0) is 23.0 Å². The summed E-state index contributed by atoms with van der Waals surface area (Å²) in [5.74, 6) is 1.24. The van der Waals surface area contributed by atoms with E-state index in [9.17, 15) is 10.1 Å². The third-order valence-electron chi connectivity index (χ3n) is 5.00. The van der Waals surface area contributed by atoms with Gasteiger partial charge in [-0.2, -0.15) is 0 Å². The van der Waals surface area contributed by atoms with Crippen molar-refractivity contribution in [1.82, 2.24) is 9.97 Å². The second-order valence-electron chi connectivity index (χ2n) is 8.74. The summed E-state index contributed by atoms with van der Waals surface area (Å²) in [4.78, 5) is 22.5. The van der Waals surface area contributed by atoms with Crippen molar-refractivity contribution in [2.75, 3.05) is 23.3 Å². The zero-order valence-electron chi connectivity index (χ0n) is 19.1. The molecule has 0 aliphatic heterocycles. The Kier molecular flexibility index (Phi) is 7.76. The average molecular weight is 434 g/mol. The number of anilines is 2. The molecule has 0 fully saturated rings. The highest BCUT2D eigenvalue weighted by atomic mass is 16.6. The molecule has 2 aromatic carbocycles. The van der Waals surface area contributed by atoms with Gasteiger partial charge in [0.2, 0.25) is 11.6 Å². The SMILES string of the molecule is CC(C)CN(CC(C)C)c1ncnc(NC(c2ccccc2)c2ccccc2)c1[N+](=O)[O-]. The van der Waals surface area contributed by atoms with Gasteiger partial charge in [0.05, 0.1) is 11.0 Å². The molecule has 0 amide bonds. The maximum atomic E-state index is 12.2. The Hall–Kier alpha value is -3.48. The van der Waals surface area contributed by atoms with E-state index in [2.05, 4.69) is 43.0 Å². The smallest absolute Gasteiger partial charge is 0.353 e. The topological polar surface area (TPSA) is 84.2 Å². The normalized spacial score (nSPS) is 11.2. The van der Waals surface area contributed by atoms with Crippen LogP contribution in [0.5, 0.6) is 0 Å². The number of hydrogen-bond donors (Lipinski definition) is 1. The number of nitrogens with one attached hydrogen (secondary N) is 1. The molecule has 7 nitrogen and oxygen atoms in total. The van der Waals surface area contributed by atoms with Gasteiger partial charge in [-0.15, -0.1) is 0 Å². The first-order valence-corrected chi connectivity index (χ1v) is 11.0. The molecule has 0 spiro atoms. The minimum Gasteiger partial charge on any atom is -0.353 e. The summed E-state index contributed by atoms with van der Waals surface area (Å²) in [6.07, 6.45) is 1.41. The maximum Gasteiger partial charge on any atom is 0.353 e. The molecule has 32 heavy (non-hydrogen) atoms. The lowest BCUT2D eigenvalue weighted by Crippen LogP contribution is -2.33. The third-order valence-corrected chi connectivity index (χ3v) is 5.00. The van der Waals surface area contributed by atoms with Gasteiger partial charge in [-0.1, -0.05) is 88.4 Å². The Morgan fingerprint density at radius 1 is 0.875 bits per heavy atom. The second kappa shape index (κ2) is 10.7. The van der Waals surface area contributed by atoms with Crippen LogP contribution in [0.3, 0.4) is 0 Å². The molecule has 0 radical (unpaired) electrons. The van der Waals surface area contributed by atoms with Crippen molar-refractivity contribution in [2.24, 2.45) is 11.8 Å². The van der Waals surface area contributed by atoms with Gasteiger partial charge >= 0.3 is 5.69 Å². The van der Waals surface area contributed by atoms with Crippen LogP contribution in [0.4, 0.5) is 17.3 Å². The van der Waals surface area contributed by atoms with Crippen LogP contribution in [0.1, 0.15) is 44.9 Å². The third kappa shape index (κ3) is 5.81. The quantitative estimate of drug-likeness (QED) is 0.326. The summed E-state index contributed by atoms with van der Waals surface area (Å²) in [5, 5.41) is 15.6. The fourth-order valence-corrected chi connectivity index (χ4v) is 3.79. The van der Waals surface area contributed by atoms with Crippen LogP contribution in [0, 0.1) is 22.0 Å². The standard InChI is InChI=1S/C25H31N5O2/c1-18(2)15-29(16-19(3)4)25-23(30(31)32)24(26-17-27-25)28-22(20-11-7-5-8-12-20)21-13-9-6-10-14-21/h5-14,17-19,22H,15-16H2,1-4H3,(H,26,27,28). The highest BCUT2D eigenvalue weighted by molar-refractivity contribution is 5.71. The predicted octanol–water partition coefficient (Wildman–Crippen LogP) is 5.70. The fraction of sp³-hybridized carbons (Fsp3) is 0.360. The highest BCUT2D eigenvalue weighted by Gasteiger charge is 2.29. The summed E-state index contributed by atoms with van der Waals surface area (Å²) in [6, 6.07) is 19.5. The van der Waals surface area contributed by atoms with Crippen LogP contribution in [-0.4, -0.2) is 28.0 Å². The summed E-state index contributed by atoms with van der Waals surface area (Å²) in [5.41, 5.74) is 1.90. The molecule has 0 bridgehead atoms. The second-order valence-corrected chi connectivity index (χ2v) is 8.74. The molecule has 0 atom stereocenters. The van der Waals surface area contributed by atoms with Gasteiger partial charge in [-0.25, -0.2) is 9.97 Å². The number of hydrogen-bond acceptors (Lipinski definition) is 6. The Bertz CT molecular complexity index is 960. The molecular weight excluding hydrogens is 402 g/mol. The zero-order valence-corrected chi connectivity index (χ0v) is 19.1. The number of aromatic nitrogens is 2. The predicted molar refractivity (Wildman–Crippen MR) is 129 cm³/mol. The largest absolute Gasteiger partial charge is 0.353 e. The van der Waals surface area contributed by atoms with Gasteiger partial charge in [0.1, 0.15) is 6.33 Å². The van der Waals surface area contributed by atoms with E-state index >= 15 is 0 Å². The minimum atomic E-state index is -0.377. The van der Waals surface area contributed by atoms with Crippen molar-refractivity contribution < 1.29 is 4.92 Å². The van der Waals surface area contributed by atoms with Crippen LogP contribution in [0.25, 0.3) is 0 Å². The molecule has 1 N–H and O–H groups in total. The van der Waals surface area contributed by atoms with Crippen molar-refractivity contribution in [2.45, 2.75) is 33.7 Å². The van der Waals surface area contributed by atoms with Gasteiger partial charge in [-0.3, -0.25) is 10.1 Å². The van der Waals surface area contributed by atoms with E-state index in [0.29, 0.717) is 30.7 Å². The Balaban J connectivity index is 2.08. The molecule has 3 aromatic rings. The lowest BCUT2D eigenvalue weighted by atomic mass is 9.98. The summed E-state index contributed by atoms with van der Waals surface area (Å²) in [6.45, 7) is 9.74. The van der Waals surface area contributed by atoms with Gasteiger partial charge in [0, 0.05) is 13.1 Å². The van der Waals surface area contributed by atoms with Crippen molar-refractivity contribution in [3.8, 4) is 0 Å². The van der Waals surface area contributed by atoms with E-state index in [1.807, 2.05) is 65.6 Å². The van der Waals surface area contributed by atoms with E-state index in [1.165, 1.54) is 6.33 Å². The van der Waals surface area contributed by atoms with Crippen LogP contribution in [-0.2, 0) is 0 Å². The van der Waals surface area contributed by atoms with Gasteiger partial charge < -0.3 is 10.2 Å². The van der Waals surface area contributed by atoms with Crippen molar-refractivity contribution in [3.63, 3.8) is 0 Å².